The van der Waals surface area contributed by atoms with Crippen molar-refractivity contribution in [3.63, 3.8) is 0 Å². The first kappa shape index (κ1) is 36.1. The maximum Gasteiger partial charge on any atom is 0.309 e. The van der Waals surface area contributed by atoms with E-state index in [9.17, 15) is 14.0 Å². The highest BCUT2D eigenvalue weighted by Gasteiger charge is 2.26. The van der Waals surface area contributed by atoms with Crippen LogP contribution in [0, 0.1) is 15.2 Å². The Morgan fingerprint density at radius 1 is 1.17 bits per heavy atom. The second kappa shape index (κ2) is 15.6. The van der Waals surface area contributed by atoms with Crippen molar-refractivity contribution >= 4 is 59.8 Å². The Balaban J connectivity index is 1.57. The number of nitrogens with zero attached hydrogens (tertiary/aromatic N) is 3. The van der Waals surface area contributed by atoms with E-state index < -0.39 is 19.7 Å². The van der Waals surface area contributed by atoms with Crippen LogP contribution in [0.25, 0.3) is 22.4 Å². The largest absolute Gasteiger partial charge is 0.469 e. The average Bonchev–Trinajstić information content (AvgIpc) is 3.45. The molecule has 2 aromatic carbocycles. The number of benzene rings is 2. The number of pyridine rings is 1. The maximum atomic E-state index is 15.1. The van der Waals surface area contributed by atoms with Gasteiger partial charge >= 0.3 is 5.97 Å². The van der Waals surface area contributed by atoms with Gasteiger partial charge in [0.05, 0.1) is 47.1 Å². The minimum Gasteiger partial charge on any atom is -0.469 e. The Morgan fingerprint density at radius 2 is 1.96 bits per heavy atom. The molecule has 2 aromatic heterocycles. The van der Waals surface area contributed by atoms with Crippen LogP contribution in [0.5, 0.6) is 0 Å². The Kier molecular flexibility index (Phi) is 11.7. The summed E-state index contributed by atoms with van der Waals surface area (Å²) in [5.74, 6) is -1.64. The van der Waals surface area contributed by atoms with Crippen LogP contribution in [0.2, 0.25) is 30.7 Å². The van der Waals surface area contributed by atoms with E-state index in [0.29, 0.717) is 60.5 Å². The fourth-order valence-corrected chi connectivity index (χ4v) is 7.01. The van der Waals surface area contributed by atoms with Crippen LogP contribution in [0.3, 0.4) is 0 Å². The minimum atomic E-state index is -1.32. The molecule has 1 aliphatic rings. The van der Waals surface area contributed by atoms with E-state index in [1.165, 1.54) is 19.4 Å². The molecule has 0 spiro atoms. The Hall–Kier alpha value is -3.20. The number of ether oxygens (including phenoxy) is 2. The fraction of sp³-hybridized carbons (Fsp3) is 0.371. The normalized spacial score (nSPS) is 15.2. The van der Waals surface area contributed by atoms with Gasteiger partial charge in [-0.3, -0.25) is 14.6 Å². The summed E-state index contributed by atoms with van der Waals surface area (Å²) in [6, 6.07) is 11.1. The van der Waals surface area contributed by atoms with Crippen molar-refractivity contribution in [2.45, 2.75) is 70.4 Å². The van der Waals surface area contributed by atoms with Gasteiger partial charge in [-0.1, -0.05) is 55.9 Å². The predicted octanol–water partition coefficient (Wildman–Crippen LogP) is 8.82. The molecule has 8 nitrogen and oxygen atoms in total. The van der Waals surface area contributed by atoms with Gasteiger partial charge in [0.15, 0.2) is 5.82 Å². The lowest BCUT2D eigenvalue weighted by Gasteiger charge is -2.20. The fourth-order valence-electron chi connectivity index (χ4n) is 5.60. The van der Waals surface area contributed by atoms with Crippen LogP contribution in [-0.2, 0) is 32.2 Å². The zero-order chi connectivity index (χ0) is 34.6. The molecule has 254 valence electrons. The lowest BCUT2D eigenvalue weighted by molar-refractivity contribution is -0.139. The van der Waals surface area contributed by atoms with Gasteiger partial charge in [0.2, 0.25) is 5.91 Å². The molecule has 1 aliphatic heterocycles. The number of hydrogen-bond donors (Lipinski definition) is 1. The summed E-state index contributed by atoms with van der Waals surface area (Å²) in [4.78, 5) is 34.8. The number of rotatable bonds is 9. The Labute approximate surface area is 298 Å². The Bertz CT molecular complexity index is 1810. The van der Waals surface area contributed by atoms with Crippen LogP contribution in [0.1, 0.15) is 48.7 Å². The average molecular weight is 807 g/mol. The van der Waals surface area contributed by atoms with E-state index in [2.05, 4.69) is 25.0 Å². The molecular weight excluding hydrogens is 769 g/mol. The molecule has 2 bridgehead atoms. The van der Waals surface area contributed by atoms with Crippen LogP contribution >= 0.6 is 34.2 Å². The number of carbonyl (C=O) groups is 2. The smallest absolute Gasteiger partial charge is 0.309 e. The molecule has 0 aliphatic carbocycles. The topological polar surface area (TPSA) is 95.3 Å². The number of carbonyl (C=O) groups excluding carboxylic acids is 2. The van der Waals surface area contributed by atoms with Gasteiger partial charge < -0.3 is 19.4 Å². The number of fused-ring (bicyclic) bond motifs is 4. The highest BCUT2D eigenvalue weighted by atomic mass is 127. The van der Waals surface area contributed by atoms with E-state index in [0.717, 1.165) is 11.9 Å². The van der Waals surface area contributed by atoms with Crippen molar-refractivity contribution in [3.8, 4) is 22.4 Å². The van der Waals surface area contributed by atoms with E-state index in [-0.39, 0.29) is 50.7 Å². The van der Waals surface area contributed by atoms with Gasteiger partial charge in [-0.05, 0) is 65.2 Å². The number of imidazole rings is 1. The second-order valence-corrected chi connectivity index (χ2v) is 20.3. The van der Waals surface area contributed by atoms with Crippen molar-refractivity contribution in [1.82, 2.24) is 14.5 Å². The maximum absolute atomic E-state index is 15.1. The van der Waals surface area contributed by atoms with Gasteiger partial charge in [0, 0.05) is 48.2 Å². The second-order valence-electron chi connectivity index (χ2n) is 13.1. The number of aromatic nitrogens is 3. The molecule has 1 N–H and O–H groups in total. The molecule has 48 heavy (non-hydrogen) atoms. The molecule has 5 rings (SSSR count). The summed E-state index contributed by atoms with van der Waals surface area (Å²) in [6.45, 7) is 7.77. The molecule has 1 atom stereocenters. The monoisotopic (exact) mass is 806 g/mol. The third-order valence-electron chi connectivity index (χ3n) is 8.25. The summed E-state index contributed by atoms with van der Waals surface area (Å²) in [7, 11) is 0.0143. The molecule has 0 saturated heterocycles. The van der Waals surface area contributed by atoms with Gasteiger partial charge in [-0.25, -0.2) is 13.8 Å². The number of halogens is 4. The summed E-state index contributed by atoms with van der Waals surface area (Å²) in [5.41, 5.74) is 3.29. The summed E-state index contributed by atoms with van der Waals surface area (Å²) in [5, 5.41) is 2.89. The molecule has 4 aromatic rings. The molecule has 1 amide bonds. The SMILES string of the molecule is COC(=O)Cc1ccc2c(c1)NC(=O)CCCCC(c1ccc(-c3c(F)cc(I)c(Cl)c3F)cn1)c1nc-2cn1COCC[Si](C)(C)C. The molecule has 0 fully saturated rings. The number of nitrogens with one attached hydrogen (secondary N) is 1. The van der Waals surface area contributed by atoms with E-state index in [1.54, 1.807) is 40.8 Å². The number of esters is 1. The standard InChI is InChI=1S/C35H38ClF2IN4O4Si/c1-46-31(45)16-21-9-11-23-28(15-21)41-30(44)8-6-5-7-24(35-42-29(23)19-43(35)20-47-13-14-48(2,3)4)27-12-10-22(18-40-27)32-25(37)17-26(39)33(36)34(32)38/h9-12,15,17-19,24H,5-8,13-14,16,20H2,1-4H3,(H,41,44). The highest BCUT2D eigenvalue weighted by molar-refractivity contribution is 14.1. The van der Waals surface area contributed by atoms with Gasteiger partial charge in [0.25, 0.3) is 0 Å². The van der Waals surface area contributed by atoms with Crippen molar-refractivity contribution < 1.29 is 27.8 Å². The summed E-state index contributed by atoms with van der Waals surface area (Å²) < 4.78 is 43.3. The van der Waals surface area contributed by atoms with Crippen molar-refractivity contribution in [2.24, 2.45) is 0 Å². The zero-order valence-electron chi connectivity index (χ0n) is 27.3. The number of methoxy groups -OCH3 is 1. The molecular formula is C35H38ClF2IN4O4Si. The lowest BCUT2D eigenvalue weighted by Crippen LogP contribution is -2.22. The Morgan fingerprint density at radius 3 is 2.67 bits per heavy atom. The molecule has 1 unspecified atom stereocenters. The van der Waals surface area contributed by atoms with Crippen LogP contribution < -0.4 is 5.32 Å². The number of anilines is 1. The lowest BCUT2D eigenvalue weighted by atomic mass is 9.95. The zero-order valence-corrected chi connectivity index (χ0v) is 31.3. The molecule has 0 saturated carbocycles. The predicted molar refractivity (Wildman–Crippen MR) is 194 cm³/mol. The van der Waals surface area contributed by atoms with E-state index in [1.807, 2.05) is 22.9 Å². The van der Waals surface area contributed by atoms with Gasteiger partial charge in [0.1, 0.15) is 18.4 Å². The first-order valence-electron chi connectivity index (χ1n) is 15.8. The summed E-state index contributed by atoms with van der Waals surface area (Å²) in [6.07, 6.45) is 5.69. The van der Waals surface area contributed by atoms with Crippen molar-refractivity contribution in [2.75, 3.05) is 19.0 Å². The van der Waals surface area contributed by atoms with Crippen LogP contribution in [0.15, 0.2) is 48.8 Å². The van der Waals surface area contributed by atoms with Gasteiger partial charge in [-0.15, -0.1) is 0 Å². The number of amides is 1. The molecule has 3 heterocycles. The highest BCUT2D eigenvalue weighted by Crippen LogP contribution is 2.37. The first-order valence-corrected chi connectivity index (χ1v) is 20.9. The number of hydrogen-bond acceptors (Lipinski definition) is 6. The first-order chi connectivity index (χ1) is 22.8. The van der Waals surface area contributed by atoms with Crippen molar-refractivity contribution in [1.29, 1.82) is 0 Å². The quantitative estimate of drug-likeness (QED) is 0.0454. The van der Waals surface area contributed by atoms with Crippen LogP contribution in [-0.4, -0.2) is 48.2 Å². The molecule has 13 heteroatoms. The van der Waals surface area contributed by atoms with E-state index in [4.69, 9.17) is 31.0 Å². The minimum absolute atomic E-state index is 0.0657. The summed E-state index contributed by atoms with van der Waals surface area (Å²) >= 11 is 7.91. The molecule has 0 radical (unpaired) electrons. The third-order valence-corrected chi connectivity index (χ3v) is 11.5. The van der Waals surface area contributed by atoms with E-state index >= 15 is 4.39 Å². The van der Waals surface area contributed by atoms with Crippen LogP contribution in [0.4, 0.5) is 14.5 Å². The van der Waals surface area contributed by atoms with Crippen molar-refractivity contribution in [3.05, 3.63) is 86.1 Å². The third kappa shape index (κ3) is 8.68. The van der Waals surface area contributed by atoms with Gasteiger partial charge in [-0.2, -0.15) is 0 Å².